The zero-order chi connectivity index (χ0) is 9.41. The summed E-state index contributed by atoms with van der Waals surface area (Å²) in [4.78, 5) is 9.50. The lowest BCUT2D eigenvalue weighted by atomic mass is 10.3. The molecular formula is C8H15O3P. The summed E-state index contributed by atoms with van der Waals surface area (Å²) < 4.78 is 16.4. The van der Waals surface area contributed by atoms with Gasteiger partial charge >= 0.3 is 7.60 Å². The van der Waals surface area contributed by atoms with Crippen LogP contribution in [0.5, 0.6) is 0 Å². The van der Waals surface area contributed by atoms with Crippen LogP contribution in [0.4, 0.5) is 0 Å². The fraction of sp³-hybridized carbons (Fsp3) is 0.750. The standard InChI is InChI=1S/C8H15O3P/c1-4-7-6-8(7,3)12(9,10)11-5-2/h4,7H,1,5-6H2,2-3H3,(H,9,10)/t7-,8+/m1/s1. The van der Waals surface area contributed by atoms with Crippen LogP contribution in [0.2, 0.25) is 0 Å². The van der Waals surface area contributed by atoms with E-state index in [4.69, 9.17) is 4.52 Å². The Balaban J connectivity index is 2.70. The summed E-state index contributed by atoms with van der Waals surface area (Å²) in [6, 6.07) is 0. The van der Waals surface area contributed by atoms with Gasteiger partial charge in [0, 0.05) is 0 Å². The summed E-state index contributed by atoms with van der Waals surface area (Å²) in [6.45, 7) is 7.38. The molecule has 1 aliphatic carbocycles. The molecule has 0 amide bonds. The van der Waals surface area contributed by atoms with Gasteiger partial charge in [0.1, 0.15) is 0 Å². The van der Waals surface area contributed by atoms with Gasteiger partial charge in [-0.25, -0.2) is 0 Å². The second kappa shape index (κ2) is 2.99. The maximum atomic E-state index is 11.6. The van der Waals surface area contributed by atoms with Crippen molar-refractivity contribution in [2.75, 3.05) is 6.61 Å². The van der Waals surface area contributed by atoms with Gasteiger partial charge in [-0.1, -0.05) is 6.08 Å². The number of hydrogen-bond donors (Lipinski definition) is 1. The molecule has 3 nitrogen and oxygen atoms in total. The van der Waals surface area contributed by atoms with Crippen molar-refractivity contribution in [2.24, 2.45) is 5.92 Å². The highest BCUT2D eigenvalue weighted by atomic mass is 31.2. The smallest absolute Gasteiger partial charge is 0.324 e. The molecule has 0 bridgehead atoms. The first kappa shape index (κ1) is 9.97. The molecule has 0 radical (unpaired) electrons. The first-order valence-corrected chi connectivity index (χ1v) is 5.65. The summed E-state index contributed by atoms with van der Waals surface area (Å²) in [5, 5.41) is -0.565. The topological polar surface area (TPSA) is 46.5 Å². The Kier molecular flexibility index (Phi) is 2.48. The van der Waals surface area contributed by atoms with Gasteiger partial charge in [-0.15, -0.1) is 6.58 Å². The normalized spacial score (nSPS) is 38.8. The van der Waals surface area contributed by atoms with E-state index in [1.54, 1.807) is 19.9 Å². The quantitative estimate of drug-likeness (QED) is 0.545. The third-order valence-corrected chi connectivity index (χ3v) is 4.92. The van der Waals surface area contributed by atoms with Crippen molar-refractivity contribution in [1.82, 2.24) is 0 Å². The molecule has 0 spiro atoms. The predicted molar refractivity (Wildman–Crippen MR) is 48.2 cm³/mol. The Hall–Kier alpha value is -0.110. The van der Waals surface area contributed by atoms with Crippen LogP contribution >= 0.6 is 7.60 Å². The second-order valence-electron chi connectivity index (χ2n) is 3.34. The monoisotopic (exact) mass is 190 g/mol. The molecule has 0 aliphatic heterocycles. The van der Waals surface area contributed by atoms with E-state index in [1.807, 2.05) is 0 Å². The van der Waals surface area contributed by atoms with Crippen molar-refractivity contribution in [1.29, 1.82) is 0 Å². The van der Waals surface area contributed by atoms with E-state index < -0.39 is 12.8 Å². The molecular weight excluding hydrogens is 175 g/mol. The van der Waals surface area contributed by atoms with Crippen molar-refractivity contribution >= 4 is 7.60 Å². The Morgan fingerprint density at radius 3 is 2.83 bits per heavy atom. The third kappa shape index (κ3) is 1.37. The minimum Gasteiger partial charge on any atom is -0.324 e. The molecule has 3 atom stereocenters. The molecule has 0 saturated heterocycles. The van der Waals surface area contributed by atoms with Crippen LogP contribution in [0.25, 0.3) is 0 Å². The van der Waals surface area contributed by atoms with E-state index in [0.29, 0.717) is 6.42 Å². The highest BCUT2D eigenvalue weighted by molar-refractivity contribution is 7.55. The Labute approximate surface area is 73.0 Å². The van der Waals surface area contributed by atoms with Crippen molar-refractivity contribution in [3.63, 3.8) is 0 Å². The fourth-order valence-corrected chi connectivity index (χ4v) is 2.97. The van der Waals surface area contributed by atoms with Crippen molar-refractivity contribution < 1.29 is 14.0 Å². The Morgan fingerprint density at radius 1 is 1.92 bits per heavy atom. The molecule has 4 heteroatoms. The summed E-state index contributed by atoms with van der Waals surface area (Å²) in [6.07, 6.45) is 2.44. The van der Waals surface area contributed by atoms with Crippen molar-refractivity contribution in [3.05, 3.63) is 12.7 Å². The van der Waals surface area contributed by atoms with E-state index in [-0.39, 0.29) is 12.5 Å². The van der Waals surface area contributed by atoms with Crippen LogP contribution in [0.1, 0.15) is 20.3 Å². The molecule has 1 rings (SSSR count). The van der Waals surface area contributed by atoms with Crippen molar-refractivity contribution in [3.8, 4) is 0 Å². The summed E-state index contributed by atoms with van der Waals surface area (Å²) in [7, 11) is -3.41. The maximum absolute atomic E-state index is 11.6. The van der Waals surface area contributed by atoms with E-state index in [9.17, 15) is 9.46 Å². The van der Waals surface area contributed by atoms with Gasteiger partial charge in [0.15, 0.2) is 0 Å². The van der Waals surface area contributed by atoms with Crippen LogP contribution in [0.15, 0.2) is 12.7 Å². The fourth-order valence-electron chi connectivity index (χ4n) is 1.37. The summed E-state index contributed by atoms with van der Waals surface area (Å²) >= 11 is 0. The highest BCUT2D eigenvalue weighted by Gasteiger charge is 2.61. The lowest BCUT2D eigenvalue weighted by Crippen LogP contribution is -2.09. The molecule has 0 heterocycles. The minimum absolute atomic E-state index is 0.139. The molecule has 0 aromatic rings. The molecule has 0 aromatic heterocycles. The van der Waals surface area contributed by atoms with Gasteiger partial charge in [-0.2, -0.15) is 0 Å². The maximum Gasteiger partial charge on any atom is 0.334 e. The lowest BCUT2D eigenvalue weighted by molar-refractivity contribution is 0.262. The first-order valence-electron chi connectivity index (χ1n) is 4.08. The SMILES string of the molecule is C=C[C@@H]1C[C@]1(C)P(=O)(O)OCC. The van der Waals surface area contributed by atoms with Gasteiger partial charge in [0.25, 0.3) is 0 Å². The molecule has 1 aliphatic rings. The average molecular weight is 190 g/mol. The number of hydrogen-bond acceptors (Lipinski definition) is 2. The van der Waals surface area contributed by atoms with E-state index in [0.717, 1.165) is 0 Å². The van der Waals surface area contributed by atoms with Gasteiger partial charge in [0.2, 0.25) is 0 Å². The Bertz CT molecular complexity index is 238. The molecule has 1 fully saturated rings. The number of allylic oxidation sites excluding steroid dienone is 1. The molecule has 12 heavy (non-hydrogen) atoms. The van der Waals surface area contributed by atoms with Crippen LogP contribution in [0, 0.1) is 5.92 Å². The van der Waals surface area contributed by atoms with Gasteiger partial charge in [0.05, 0.1) is 11.8 Å². The van der Waals surface area contributed by atoms with Gasteiger partial charge in [-0.05, 0) is 26.2 Å². The third-order valence-electron chi connectivity index (χ3n) is 2.51. The average Bonchev–Trinajstić information content (AvgIpc) is 2.63. The van der Waals surface area contributed by atoms with E-state index >= 15 is 0 Å². The van der Waals surface area contributed by atoms with E-state index in [1.165, 1.54) is 0 Å². The highest BCUT2D eigenvalue weighted by Crippen LogP contribution is 2.71. The zero-order valence-electron chi connectivity index (χ0n) is 7.49. The predicted octanol–water partition coefficient (Wildman–Crippen LogP) is 2.17. The van der Waals surface area contributed by atoms with Crippen LogP contribution in [-0.2, 0) is 9.09 Å². The summed E-state index contributed by atoms with van der Waals surface area (Å²) in [5.74, 6) is 0.139. The second-order valence-corrected chi connectivity index (χ2v) is 5.66. The van der Waals surface area contributed by atoms with Crippen molar-refractivity contribution in [2.45, 2.75) is 25.4 Å². The first-order chi connectivity index (χ1) is 5.48. The zero-order valence-corrected chi connectivity index (χ0v) is 8.38. The number of rotatable bonds is 4. The molecule has 1 unspecified atom stereocenters. The summed E-state index contributed by atoms with van der Waals surface area (Å²) in [5.41, 5.74) is 0. The Morgan fingerprint density at radius 2 is 2.50 bits per heavy atom. The molecule has 0 aromatic carbocycles. The minimum atomic E-state index is -3.41. The van der Waals surface area contributed by atoms with E-state index in [2.05, 4.69) is 6.58 Å². The van der Waals surface area contributed by atoms with Crippen LogP contribution < -0.4 is 0 Å². The molecule has 1 N–H and O–H groups in total. The largest absolute Gasteiger partial charge is 0.334 e. The lowest BCUT2D eigenvalue weighted by Gasteiger charge is -2.17. The van der Waals surface area contributed by atoms with Crippen LogP contribution in [0.3, 0.4) is 0 Å². The molecule has 70 valence electrons. The van der Waals surface area contributed by atoms with Crippen LogP contribution in [-0.4, -0.2) is 16.7 Å². The van der Waals surface area contributed by atoms with Gasteiger partial charge in [-0.3, -0.25) is 4.57 Å². The van der Waals surface area contributed by atoms with Gasteiger partial charge < -0.3 is 9.42 Å². The molecule has 1 saturated carbocycles.